The average Bonchev–Trinajstić information content (AvgIpc) is 2.53. The molecule has 0 atom stereocenters. The number of amides is 1. The minimum absolute atomic E-state index is 0. The first-order valence-corrected chi connectivity index (χ1v) is 7.98. The summed E-state index contributed by atoms with van der Waals surface area (Å²) in [5, 5.41) is 3.13. The molecule has 0 spiro atoms. The van der Waals surface area contributed by atoms with Crippen molar-refractivity contribution in [2.75, 3.05) is 26.7 Å². The van der Waals surface area contributed by atoms with E-state index in [4.69, 9.17) is 0 Å². The summed E-state index contributed by atoms with van der Waals surface area (Å²) in [6, 6.07) is 5.03. The average molecular weight is 365 g/mol. The maximum atomic E-state index is 12.7. The van der Waals surface area contributed by atoms with Gasteiger partial charge in [-0.05, 0) is 50.4 Å². The van der Waals surface area contributed by atoms with Crippen molar-refractivity contribution in [1.82, 2.24) is 10.2 Å². The molecular formula is C17H24ClF3N2O. The van der Waals surface area contributed by atoms with Crippen LogP contribution in [0.3, 0.4) is 0 Å². The van der Waals surface area contributed by atoms with Crippen molar-refractivity contribution >= 4 is 18.3 Å². The molecule has 1 saturated heterocycles. The summed E-state index contributed by atoms with van der Waals surface area (Å²) in [6.07, 6.45) is -1.30. The molecule has 0 aliphatic carbocycles. The molecule has 2 rings (SSSR count). The fraction of sp³-hybridized carbons (Fsp3) is 0.588. The van der Waals surface area contributed by atoms with Crippen LogP contribution in [0.15, 0.2) is 24.3 Å². The summed E-state index contributed by atoms with van der Waals surface area (Å²) in [6.45, 7) is 2.38. The third-order valence-electron chi connectivity index (χ3n) is 4.38. The molecule has 1 aliphatic rings. The van der Waals surface area contributed by atoms with E-state index in [1.165, 1.54) is 6.07 Å². The summed E-state index contributed by atoms with van der Waals surface area (Å²) >= 11 is 0. The van der Waals surface area contributed by atoms with E-state index in [0.29, 0.717) is 24.6 Å². The highest BCUT2D eigenvalue weighted by Gasteiger charge is 2.30. The van der Waals surface area contributed by atoms with Gasteiger partial charge in [0.1, 0.15) is 0 Å². The van der Waals surface area contributed by atoms with E-state index in [9.17, 15) is 18.0 Å². The lowest BCUT2D eigenvalue weighted by atomic mass is 9.93. The molecule has 136 valence electrons. The molecule has 7 heteroatoms. The van der Waals surface area contributed by atoms with Crippen LogP contribution in [0.25, 0.3) is 0 Å². The molecule has 24 heavy (non-hydrogen) atoms. The quantitative estimate of drug-likeness (QED) is 0.867. The molecular weight excluding hydrogens is 341 g/mol. The molecule has 0 bridgehead atoms. The van der Waals surface area contributed by atoms with E-state index >= 15 is 0 Å². The van der Waals surface area contributed by atoms with Crippen LogP contribution >= 0.6 is 12.4 Å². The Balaban J connectivity index is 0.00000288. The number of halogens is 4. The molecule has 1 N–H and O–H groups in total. The predicted molar refractivity (Wildman–Crippen MR) is 90.2 cm³/mol. The summed E-state index contributed by atoms with van der Waals surface area (Å²) in [7, 11) is 1.92. The first-order chi connectivity index (χ1) is 10.9. The van der Waals surface area contributed by atoms with E-state index in [2.05, 4.69) is 5.32 Å². The second-order valence-electron chi connectivity index (χ2n) is 6.09. The van der Waals surface area contributed by atoms with Gasteiger partial charge in [0.25, 0.3) is 0 Å². The molecule has 1 heterocycles. The highest BCUT2D eigenvalue weighted by molar-refractivity contribution is 5.85. The zero-order valence-corrected chi connectivity index (χ0v) is 14.6. The molecule has 1 fully saturated rings. The largest absolute Gasteiger partial charge is 0.416 e. The highest BCUT2D eigenvalue weighted by Crippen LogP contribution is 2.29. The Labute approximate surface area is 147 Å². The van der Waals surface area contributed by atoms with Crippen molar-refractivity contribution in [3.8, 4) is 0 Å². The molecule has 1 aromatic rings. The van der Waals surface area contributed by atoms with Crippen molar-refractivity contribution in [3.05, 3.63) is 35.4 Å². The van der Waals surface area contributed by atoms with Gasteiger partial charge >= 0.3 is 6.18 Å². The number of likely N-dealkylation sites (tertiary alicyclic amines) is 1. The molecule has 1 aromatic carbocycles. The van der Waals surface area contributed by atoms with Gasteiger partial charge in [-0.1, -0.05) is 18.2 Å². The number of hydrogen-bond acceptors (Lipinski definition) is 2. The lowest BCUT2D eigenvalue weighted by Gasteiger charge is -2.32. The van der Waals surface area contributed by atoms with Crippen molar-refractivity contribution in [2.45, 2.75) is 31.9 Å². The second kappa shape index (κ2) is 9.28. The number of benzene rings is 1. The Kier molecular flexibility index (Phi) is 8.03. The summed E-state index contributed by atoms with van der Waals surface area (Å²) in [5.41, 5.74) is -0.282. The van der Waals surface area contributed by atoms with Gasteiger partial charge < -0.3 is 10.2 Å². The van der Waals surface area contributed by atoms with Gasteiger partial charge in [0.15, 0.2) is 0 Å². The second-order valence-corrected chi connectivity index (χ2v) is 6.09. The van der Waals surface area contributed by atoms with Crippen molar-refractivity contribution < 1.29 is 18.0 Å². The smallest absolute Gasteiger partial charge is 0.342 e. The van der Waals surface area contributed by atoms with Gasteiger partial charge in [-0.25, -0.2) is 0 Å². The molecule has 1 amide bonds. The fourth-order valence-electron chi connectivity index (χ4n) is 2.96. The van der Waals surface area contributed by atoms with Gasteiger partial charge in [0.2, 0.25) is 5.91 Å². The molecule has 0 saturated carbocycles. The number of carbonyl (C=O) groups is 1. The Bertz CT molecular complexity index is 529. The SMILES string of the molecule is CNCCC1CCN(C(=O)Cc2cccc(C(F)(F)F)c2)CC1.Cl. The predicted octanol–water partition coefficient (Wildman–Crippen LogP) is 3.52. The van der Waals surface area contributed by atoms with Crippen molar-refractivity contribution in [1.29, 1.82) is 0 Å². The van der Waals surface area contributed by atoms with Crippen molar-refractivity contribution in [3.63, 3.8) is 0 Å². The van der Waals surface area contributed by atoms with Crippen LogP contribution in [0.1, 0.15) is 30.4 Å². The van der Waals surface area contributed by atoms with Crippen LogP contribution in [0, 0.1) is 5.92 Å². The van der Waals surface area contributed by atoms with E-state index in [0.717, 1.165) is 37.9 Å². The van der Waals surface area contributed by atoms with Crippen LogP contribution in [-0.2, 0) is 17.4 Å². The van der Waals surface area contributed by atoms with Crippen LogP contribution in [-0.4, -0.2) is 37.5 Å². The van der Waals surface area contributed by atoms with Crippen molar-refractivity contribution in [2.24, 2.45) is 5.92 Å². The number of nitrogens with zero attached hydrogens (tertiary/aromatic N) is 1. The highest BCUT2D eigenvalue weighted by atomic mass is 35.5. The fourth-order valence-corrected chi connectivity index (χ4v) is 2.96. The Morgan fingerprint density at radius 2 is 1.96 bits per heavy atom. The monoisotopic (exact) mass is 364 g/mol. The normalized spacial score (nSPS) is 15.9. The topological polar surface area (TPSA) is 32.3 Å². The van der Waals surface area contributed by atoms with Crippen LogP contribution in [0.5, 0.6) is 0 Å². The third-order valence-corrected chi connectivity index (χ3v) is 4.38. The first kappa shape index (κ1) is 20.8. The Morgan fingerprint density at radius 3 is 2.54 bits per heavy atom. The zero-order valence-electron chi connectivity index (χ0n) is 13.7. The van der Waals surface area contributed by atoms with E-state index < -0.39 is 11.7 Å². The maximum absolute atomic E-state index is 12.7. The number of hydrogen-bond donors (Lipinski definition) is 1. The molecule has 3 nitrogen and oxygen atoms in total. The summed E-state index contributed by atoms with van der Waals surface area (Å²) < 4.78 is 38.1. The van der Waals surface area contributed by atoms with Gasteiger partial charge in [-0.15, -0.1) is 12.4 Å². The van der Waals surface area contributed by atoms with E-state index in [-0.39, 0.29) is 24.7 Å². The standard InChI is InChI=1S/C17H23F3N2O.ClH/c1-21-8-5-13-6-9-22(10-7-13)16(23)12-14-3-2-4-15(11-14)17(18,19)20;/h2-4,11,13,21H,5-10,12H2,1H3;1H. The van der Waals surface area contributed by atoms with Gasteiger partial charge in [-0.2, -0.15) is 13.2 Å². The van der Waals surface area contributed by atoms with Crippen LogP contribution < -0.4 is 5.32 Å². The summed E-state index contributed by atoms with van der Waals surface area (Å²) in [4.78, 5) is 14.1. The summed E-state index contributed by atoms with van der Waals surface area (Å²) in [5.74, 6) is 0.538. The first-order valence-electron chi connectivity index (χ1n) is 7.98. The Hall–Kier alpha value is -1.27. The number of rotatable bonds is 5. The lowest BCUT2D eigenvalue weighted by molar-refractivity contribution is -0.138. The van der Waals surface area contributed by atoms with Gasteiger partial charge in [0.05, 0.1) is 12.0 Å². The van der Waals surface area contributed by atoms with Gasteiger partial charge in [-0.3, -0.25) is 4.79 Å². The number of nitrogens with one attached hydrogen (secondary N) is 1. The maximum Gasteiger partial charge on any atom is 0.416 e. The number of carbonyl (C=O) groups excluding carboxylic acids is 1. The Morgan fingerprint density at radius 1 is 1.29 bits per heavy atom. The lowest BCUT2D eigenvalue weighted by Crippen LogP contribution is -2.39. The van der Waals surface area contributed by atoms with E-state index in [1.807, 2.05) is 7.05 Å². The number of piperidine rings is 1. The molecule has 0 unspecified atom stereocenters. The third kappa shape index (κ3) is 5.98. The van der Waals surface area contributed by atoms with Crippen LogP contribution in [0.2, 0.25) is 0 Å². The van der Waals surface area contributed by atoms with E-state index in [1.54, 1.807) is 11.0 Å². The molecule has 1 aliphatic heterocycles. The molecule has 0 aromatic heterocycles. The number of alkyl halides is 3. The minimum Gasteiger partial charge on any atom is -0.342 e. The van der Waals surface area contributed by atoms with Crippen LogP contribution in [0.4, 0.5) is 13.2 Å². The minimum atomic E-state index is -4.37. The zero-order chi connectivity index (χ0) is 16.9. The molecule has 0 radical (unpaired) electrons. The van der Waals surface area contributed by atoms with Gasteiger partial charge in [0, 0.05) is 13.1 Å².